The number of ether oxygens (including phenoxy) is 2. The minimum Gasteiger partial charge on any atom is -0.493 e. The highest BCUT2D eigenvalue weighted by Crippen LogP contribution is 2.30. The summed E-state index contributed by atoms with van der Waals surface area (Å²) in [6.07, 6.45) is 0. The molecule has 0 spiro atoms. The lowest BCUT2D eigenvalue weighted by Crippen LogP contribution is -2.23. The molecule has 1 N–H and O–H groups in total. The molecule has 0 aromatic heterocycles. The largest absolute Gasteiger partial charge is 0.493 e. The van der Waals surface area contributed by atoms with E-state index in [9.17, 15) is 8.42 Å². The van der Waals surface area contributed by atoms with Crippen LogP contribution in [0.4, 0.5) is 0 Å². The second-order valence-electron chi connectivity index (χ2n) is 4.54. The van der Waals surface area contributed by atoms with E-state index in [4.69, 9.17) is 32.7 Å². The van der Waals surface area contributed by atoms with Crippen LogP contribution in [0.2, 0.25) is 10.0 Å². The molecule has 5 nitrogen and oxygen atoms in total. The van der Waals surface area contributed by atoms with E-state index in [0.717, 1.165) is 0 Å². The van der Waals surface area contributed by atoms with Gasteiger partial charge in [-0.3, -0.25) is 0 Å². The molecule has 0 saturated carbocycles. The normalized spacial score (nSPS) is 11.3. The van der Waals surface area contributed by atoms with Crippen LogP contribution in [-0.4, -0.2) is 22.6 Å². The highest BCUT2D eigenvalue weighted by Gasteiger charge is 2.18. The average Bonchev–Trinajstić information content (AvgIpc) is 2.53. The molecule has 2 aromatic carbocycles. The maximum absolute atomic E-state index is 12.4. The Morgan fingerprint density at radius 1 is 1.00 bits per heavy atom. The van der Waals surface area contributed by atoms with Crippen molar-refractivity contribution in [3.8, 4) is 11.5 Å². The summed E-state index contributed by atoms with van der Waals surface area (Å²) < 4.78 is 37.5. The quantitative estimate of drug-likeness (QED) is 0.838. The van der Waals surface area contributed by atoms with E-state index in [1.807, 2.05) is 0 Å². The van der Waals surface area contributed by atoms with Crippen molar-refractivity contribution in [2.24, 2.45) is 0 Å². The topological polar surface area (TPSA) is 64.6 Å². The summed E-state index contributed by atoms with van der Waals surface area (Å²) in [7, 11) is -0.841. The smallest absolute Gasteiger partial charge is 0.241 e. The zero-order chi connectivity index (χ0) is 17.0. The van der Waals surface area contributed by atoms with Crippen molar-refractivity contribution in [2.75, 3.05) is 14.2 Å². The van der Waals surface area contributed by atoms with Gasteiger partial charge in [0.05, 0.1) is 19.1 Å². The molecule has 0 unspecified atom stereocenters. The summed E-state index contributed by atoms with van der Waals surface area (Å²) in [6.45, 7) is -0.0187. The Hall–Kier alpha value is -1.47. The first-order valence-electron chi connectivity index (χ1n) is 6.53. The van der Waals surface area contributed by atoms with Crippen LogP contribution in [0.15, 0.2) is 41.3 Å². The number of sulfonamides is 1. The second-order valence-corrected chi connectivity index (χ2v) is 7.12. The van der Waals surface area contributed by atoms with Gasteiger partial charge in [0, 0.05) is 28.2 Å². The molecule has 0 heterocycles. The number of nitrogens with one attached hydrogen (secondary N) is 1. The summed E-state index contributed by atoms with van der Waals surface area (Å²) in [5.74, 6) is 0.770. The molecule has 0 bridgehead atoms. The van der Waals surface area contributed by atoms with Crippen LogP contribution in [0.5, 0.6) is 11.5 Å². The fourth-order valence-corrected chi connectivity index (χ4v) is 3.48. The number of hydrogen-bond acceptors (Lipinski definition) is 4. The predicted octanol–water partition coefficient (Wildman–Crippen LogP) is 3.49. The SMILES string of the molecule is COc1ccc(S(=O)(=O)NCc2c(Cl)cccc2Cl)cc1OC. The van der Waals surface area contributed by atoms with Crippen molar-refractivity contribution in [3.05, 3.63) is 52.0 Å². The van der Waals surface area contributed by atoms with E-state index in [1.165, 1.54) is 32.4 Å². The fourth-order valence-electron chi connectivity index (χ4n) is 1.94. The van der Waals surface area contributed by atoms with Crippen molar-refractivity contribution in [2.45, 2.75) is 11.4 Å². The van der Waals surface area contributed by atoms with Gasteiger partial charge < -0.3 is 9.47 Å². The van der Waals surface area contributed by atoms with E-state index in [0.29, 0.717) is 27.1 Å². The summed E-state index contributed by atoms with van der Waals surface area (Å²) in [6, 6.07) is 9.32. The standard InChI is InChI=1S/C15H15Cl2NO4S/c1-21-14-7-6-10(8-15(14)22-2)23(19,20)18-9-11-12(16)4-3-5-13(11)17/h3-8,18H,9H2,1-2H3. The number of methoxy groups -OCH3 is 2. The summed E-state index contributed by atoms with van der Waals surface area (Å²) >= 11 is 12.1. The Morgan fingerprint density at radius 2 is 1.61 bits per heavy atom. The van der Waals surface area contributed by atoms with Gasteiger partial charge in [0.2, 0.25) is 10.0 Å². The van der Waals surface area contributed by atoms with Gasteiger partial charge in [0.1, 0.15) is 0 Å². The van der Waals surface area contributed by atoms with Gasteiger partial charge in [-0.15, -0.1) is 0 Å². The van der Waals surface area contributed by atoms with Gasteiger partial charge in [-0.25, -0.2) is 13.1 Å². The van der Waals surface area contributed by atoms with Crippen LogP contribution in [-0.2, 0) is 16.6 Å². The van der Waals surface area contributed by atoms with E-state index in [-0.39, 0.29) is 11.4 Å². The Balaban J connectivity index is 2.26. The Labute approximate surface area is 145 Å². The van der Waals surface area contributed by atoms with Crippen molar-refractivity contribution >= 4 is 33.2 Å². The van der Waals surface area contributed by atoms with Crippen molar-refractivity contribution in [1.29, 1.82) is 0 Å². The van der Waals surface area contributed by atoms with Gasteiger partial charge in [-0.1, -0.05) is 29.3 Å². The maximum Gasteiger partial charge on any atom is 0.241 e. The molecular weight excluding hydrogens is 361 g/mol. The molecule has 0 fully saturated rings. The van der Waals surface area contributed by atoms with Gasteiger partial charge >= 0.3 is 0 Å². The van der Waals surface area contributed by atoms with Gasteiger partial charge in [-0.05, 0) is 24.3 Å². The van der Waals surface area contributed by atoms with Gasteiger partial charge in [0.25, 0.3) is 0 Å². The second kappa shape index (κ2) is 7.40. The Morgan fingerprint density at radius 3 is 2.17 bits per heavy atom. The summed E-state index contributed by atoms with van der Waals surface area (Å²) in [4.78, 5) is 0.0540. The van der Waals surface area contributed by atoms with Crippen LogP contribution in [0.3, 0.4) is 0 Å². The molecule has 0 aliphatic rings. The minimum atomic E-state index is -3.75. The summed E-state index contributed by atoms with van der Waals surface area (Å²) in [5, 5.41) is 0.792. The first kappa shape index (κ1) is 17.9. The van der Waals surface area contributed by atoms with Gasteiger partial charge in [0.15, 0.2) is 11.5 Å². The van der Waals surface area contributed by atoms with Gasteiger partial charge in [-0.2, -0.15) is 0 Å². The van der Waals surface area contributed by atoms with E-state index in [2.05, 4.69) is 4.72 Å². The summed E-state index contributed by atoms with van der Waals surface area (Å²) in [5.41, 5.74) is 0.514. The van der Waals surface area contributed by atoms with Crippen molar-refractivity contribution < 1.29 is 17.9 Å². The molecule has 2 rings (SSSR count). The number of halogens is 2. The first-order valence-corrected chi connectivity index (χ1v) is 8.77. The zero-order valence-electron chi connectivity index (χ0n) is 12.5. The molecule has 23 heavy (non-hydrogen) atoms. The lowest BCUT2D eigenvalue weighted by Gasteiger charge is -2.12. The minimum absolute atomic E-state index is 0.0187. The van der Waals surface area contributed by atoms with Crippen LogP contribution < -0.4 is 14.2 Å². The lowest BCUT2D eigenvalue weighted by molar-refractivity contribution is 0.354. The molecule has 8 heteroatoms. The molecule has 0 atom stereocenters. The zero-order valence-corrected chi connectivity index (χ0v) is 14.8. The monoisotopic (exact) mass is 375 g/mol. The Kier molecular flexibility index (Phi) is 5.75. The molecule has 0 radical (unpaired) electrons. The van der Waals surface area contributed by atoms with E-state index < -0.39 is 10.0 Å². The van der Waals surface area contributed by atoms with Crippen LogP contribution in [0.1, 0.15) is 5.56 Å². The molecule has 0 saturated heterocycles. The number of benzene rings is 2. The molecule has 2 aromatic rings. The molecular formula is C15H15Cl2NO4S. The third-order valence-corrected chi connectivity index (χ3v) is 5.27. The van der Waals surface area contributed by atoms with E-state index >= 15 is 0 Å². The van der Waals surface area contributed by atoms with Crippen LogP contribution in [0, 0.1) is 0 Å². The average molecular weight is 376 g/mol. The highest BCUT2D eigenvalue weighted by atomic mass is 35.5. The fraction of sp³-hybridized carbons (Fsp3) is 0.200. The molecule has 0 amide bonds. The third kappa shape index (κ3) is 4.09. The number of hydrogen-bond donors (Lipinski definition) is 1. The first-order chi connectivity index (χ1) is 10.9. The van der Waals surface area contributed by atoms with E-state index in [1.54, 1.807) is 18.2 Å². The molecule has 124 valence electrons. The predicted molar refractivity (Wildman–Crippen MR) is 90.0 cm³/mol. The Bertz CT molecular complexity index is 789. The number of rotatable bonds is 6. The third-order valence-electron chi connectivity index (χ3n) is 3.17. The van der Waals surface area contributed by atoms with Crippen molar-refractivity contribution in [1.82, 2.24) is 4.72 Å². The molecule has 0 aliphatic heterocycles. The van der Waals surface area contributed by atoms with Crippen LogP contribution >= 0.6 is 23.2 Å². The van der Waals surface area contributed by atoms with Crippen molar-refractivity contribution in [3.63, 3.8) is 0 Å². The lowest BCUT2D eigenvalue weighted by atomic mass is 10.2. The van der Waals surface area contributed by atoms with Crippen LogP contribution in [0.25, 0.3) is 0 Å². The highest BCUT2D eigenvalue weighted by molar-refractivity contribution is 7.89. The maximum atomic E-state index is 12.4. The molecule has 0 aliphatic carbocycles.